The standard InChI is InChI=1S/C17H20F3NO3/c18-17(19,20)14-8-6-13(7-9-14)16(24)21(11-15(22)23)10-12-4-2-1-3-5-12/h1-5,13-14H,6-11H2,(H,22,23). The summed E-state index contributed by atoms with van der Waals surface area (Å²) in [4.78, 5) is 24.8. The third-order valence-corrected chi connectivity index (χ3v) is 4.39. The molecule has 1 aromatic carbocycles. The monoisotopic (exact) mass is 343 g/mol. The second-order valence-electron chi connectivity index (χ2n) is 6.16. The second kappa shape index (κ2) is 7.68. The summed E-state index contributed by atoms with van der Waals surface area (Å²) in [7, 11) is 0. The fraction of sp³-hybridized carbons (Fsp3) is 0.529. The number of hydrogen-bond acceptors (Lipinski definition) is 2. The molecule has 4 nitrogen and oxygen atoms in total. The lowest BCUT2D eigenvalue weighted by atomic mass is 9.81. The zero-order chi connectivity index (χ0) is 17.7. The Kier molecular flexibility index (Phi) is 5.85. The van der Waals surface area contributed by atoms with Crippen LogP contribution in [0.4, 0.5) is 13.2 Å². The number of benzene rings is 1. The molecule has 0 aliphatic heterocycles. The molecular weight excluding hydrogens is 323 g/mol. The van der Waals surface area contributed by atoms with Crippen molar-refractivity contribution in [1.82, 2.24) is 4.90 Å². The molecule has 24 heavy (non-hydrogen) atoms. The van der Waals surface area contributed by atoms with Crippen molar-refractivity contribution in [3.63, 3.8) is 0 Å². The first-order chi connectivity index (χ1) is 11.3. The van der Waals surface area contributed by atoms with Gasteiger partial charge in [-0.05, 0) is 31.2 Å². The van der Waals surface area contributed by atoms with Gasteiger partial charge in [-0.2, -0.15) is 13.2 Å². The highest BCUT2D eigenvalue weighted by atomic mass is 19.4. The molecule has 0 heterocycles. The van der Waals surface area contributed by atoms with Gasteiger partial charge in [0.25, 0.3) is 0 Å². The van der Waals surface area contributed by atoms with Crippen LogP contribution in [0, 0.1) is 11.8 Å². The number of alkyl halides is 3. The molecule has 1 aliphatic carbocycles. The van der Waals surface area contributed by atoms with Gasteiger partial charge in [0.2, 0.25) is 5.91 Å². The number of nitrogens with zero attached hydrogens (tertiary/aromatic N) is 1. The van der Waals surface area contributed by atoms with E-state index in [1.165, 1.54) is 4.90 Å². The molecule has 1 aliphatic rings. The lowest BCUT2D eigenvalue weighted by molar-refractivity contribution is -0.185. The molecule has 7 heteroatoms. The average Bonchev–Trinajstić information content (AvgIpc) is 2.53. The van der Waals surface area contributed by atoms with Gasteiger partial charge in [-0.3, -0.25) is 9.59 Å². The number of amides is 1. The summed E-state index contributed by atoms with van der Waals surface area (Å²) in [5.41, 5.74) is 0.788. The Morgan fingerprint density at radius 2 is 1.67 bits per heavy atom. The van der Waals surface area contributed by atoms with Crippen LogP contribution in [0.2, 0.25) is 0 Å². The maximum absolute atomic E-state index is 12.7. The Morgan fingerprint density at radius 3 is 2.17 bits per heavy atom. The zero-order valence-electron chi connectivity index (χ0n) is 13.1. The number of aliphatic carboxylic acids is 1. The molecule has 0 saturated heterocycles. The van der Waals surface area contributed by atoms with E-state index in [2.05, 4.69) is 0 Å². The van der Waals surface area contributed by atoms with Crippen molar-refractivity contribution in [1.29, 1.82) is 0 Å². The molecule has 1 aromatic rings. The number of rotatable bonds is 5. The predicted molar refractivity (Wildman–Crippen MR) is 81.0 cm³/mol. The van der Waals surface area contributed by atoms with Gasteiger partial charge in [0, 0.05) is 12.5 Å². The summed E-state index contributed by atoms with van der Waals surface area (Å²) in [5.74, 6) is -3.40. The van der Waals surface area contributed by atoms with Crippen LogP contribution in [-0.2, 0) is 16.1 Å². The number of hydrogen-bond donors (Lipinski definition) is 1. The maximum atomic E-state index is 12.7. The van der Waals surface area contributed by atoms with Crippen molar-refractivity contribution < 1.29 is 27.9 Å². The highest BCUT2D eigenvalue weighted by Gasteiger charge is 2.43. The molecule has 132 valence electrons. The first-order valence-electron chi connectivity index (χ1n) is 7.88. The predicted octanol–water partition coefficient (Wildman–Crippen LogP) is 3.47. The minimum Gasteiger partial charge on any atom is -0.480 e. The molecule has 1 saturated carbocycles. The Hall–Kier alpha value is -2.05. The summed E-state index contributed by atoms with van der Waals surface area (Å²) < 4.78 is 38.1. The molecule has 0 unspecified atom stereocenters. The van der Waals surface area contributed by atoms with Crippen LogP contribution in [0.5, 0.6) is 0 Å². The molecule has 0 aromatic heterocycles. The molecule has 0 spiro atoms. The minimum atomic E-state index is -4.22. The first-order valence-corrected chi connectivity index (χ1v) is 7.88. The maximum Gasteiger partial charge on any atom is 0.391 e. The van der Waals surface area contributed by atoms with Gasteiger partial charge in [0.15, 0.2) is 0 Å². The fourth-order valence-electron chi connectivity index (χ4n) is 3.10. The number of carbonyl (C=O) groups is 2. The van der Waals surface area contributed by atoms with Crippen LogP contribution in [0.25, 0.3) is 0 Å². The molecule has 0 atom stereocenters. The number of carboxylic acids is 1. The van der Waals surface area contributed by atoms with Crippen molar-refractivity contribution in [2.75, 3.05) is 6.54 Å². The summed E-state index contributed by atoms with van der Waals surface area (Å²) in [6.45, 7) is -0.307. The Bertz CT molecular complexity index is 566. The third-order valence-electron chi connectivity index (χ3n) is 4.39. The summed E-state index contributed by atoms with van der Waals surface area (Å²) in [6, 6.07) is 8.94. The molecule has 1 N–H and O–H groups in total. The van der Waals surface area contributed by atoms with Gasteiger partial charge >= 0.3 is 12.1 Å². The van der Waals surface area contributed by atoms with Gasteiger partial charge in [-0.25, -0.2) is 0 Å². The summed E-state index contributed by atoms with van der Waals surface area (Å²) >= 11 is 0. The van der Waals surface area contributed by atoms with E-state index in [0.29, 0.717) is 0 Å². The topological polar surface area (TPSA) is 57.6 Å². The molecule has 0 bridgehead atoms. The highest BCUT2D eigenvalue weighted by molar-refractivity contribution is 5.83. The van der Waals surface area contributed by atoms with Crippen molar-refractivity contribution in [2.24, 2.45) is 11.8 Å². The Labute approximate surface area is 138 Å². The number of halogens is 3. The number of carboxylic acid groups (broad SMARTS) is 1. The third kappa shape index (κ3) is 4.97. The quantitative estimate of drug-likeness (QED) is 0.891. The van der Waals surface area contributed by atoms with Gasteiger partial charge in [0.1, 0.15) is 6.54 Å². The first kappa shape index (κ1) is 18.3. The molecule has 1 amide bonds. The van der Waals surface area contributed by atoms with Crippen LogP contribution < -0.4 is 0 Å². The second-order valence-corrected chi connectivity index (χ2v) is 6.16. The smallest absolute Gasteiger partial charge is 0.391 e. The van der Waals surface area contributed by atoms with E-state index < -0.39 is 30.5 Å². The zero-order valence-corrected chi connectivity index (χ0v) is 13.1. The van der Waals surface area contributed by atoms with Gasteiger partial charge in [-0.15, -0.1) is 0 Å². The van der Waals surface area contributed by atoms with Crippen LogP contribution in [-0.4, -0.2) is 34.6 Å². The lowest BCUT2D eigenvalue weighted by Gasteiger charge is -2.32. The molecule has 0 radical (unpaired) electrons. The van der Waals surface area contributed by atoms with Gasteiger partial charge in [-0.1, -0.05) is 30.3 Å². The summed E-state index contributed by atoms with van der Waals surface area (Å²) in [5, 5.41) is 9.02. The lowest BCUT2D eigenvalue weighted by Crippen LogP contribution is -2.41. The molecule has 1 fully saturated rings. The van der Waals surface area contributed by atoms with Crippen molar-refractivity contribution in [2.45, 2.75) is 38.4 Å². The van der Waals surface area contributed by atoms with Crippen LogP contribution in [0.3, 0.4) is 0 Å². The van der Waals surface area contributed by atoms with E-state index in [4.69, 9.17) is 5.11 Å². The van der Waals surface area contributed by atoms with E-state index in [1.807, 2.05) is 6.07 Å². The van der Waals surface area contributed by atoms with Crippen LogP contribution in [0.15, 0.2) is 30.3 Å². The van der Waals surface area contributed by atoms with E-state index in [-0.39, 0.29) is 38.1 Å². The van der Waals surface area contributed by atoms with E-state index in [9.17, 15) is 22.8 Å². The minimum absolute atomic E-state index is 0.0772. The van der Waals surface area contributed by atoms with Crippen LogP contribution in [0.1, 0.15) is 31.2 Å². The summed E-state index contributed by atoms with van der Waals surface area (Å²) in [6.07, 6.45) is -4.08. The average molecular weight is 343 g/mol. The van der Waals surface area contributed by atoms with Crippen molar-refractivity contribution in [3.05, 3.63) is 35.9 Å². The molecule has 2 rings (SSSR count). The SMILES string of the molecule is O=C(O)CN(Cc1ccccc1)C(=O)C1CCC(C(F)(F)F)CC1. The Morgan fingerprint density at radius 1 is 1.08 bits per heavy atom. The van der Waals surface area contributed by atoms with Crippen molar-refractivity contribution in [3.8, 4) is 0 Å². The van der Waals surface area contributed by atoms with E-state index in [0.717, 1.165) is 5.56 Å². The van der Waals surface area contributed by atoms with E-state index >= 15 is 0 Å². The number of carbonyl (C=O) groups excluding carboxylic acids is 1. The Balaban J connectivity index is 2.02. The fourth-order valence-corrected chi connectivity index (χ4v) is 3.10. The van der Waals surface area contributed by atoms with Gasteiger partial charge < -0.3 is 10.0 Å². The van der Waals surface area contributed by atoms with Crippen LogP contribution >= 0.6 is 0 Å². The van der Waals surface area contributed by atoms with Crippen molar-refractivity contribution >= 4 is 11.9 Å². The molecular formula is C17H20F3NO3. The highest BCUT2D eigenvalue weighted by Crippen LogP contribution is 2.40. The van der Waals surface area contributed by atoms with E-state index in [1.54, 1.807) is 24.3 Å². The largest absolute Gasteiger partial charge is 0.480 e. The normalized spacial score (nSPS) is 21.3. The van der Waals surface area contributed by atoms with Gasteiger partial charge in [0.05, 0.1) is 5.92 Å².